The molecule has 3 nitrogen and oxygen atoms in total. The summed E-state index contributed by atoms with van der Waals surface area (Å²) in [6.07, 6.45) is 5.00. The Morgan fingerprint density at radius 2 is 2.24 bits per heavy atom. The first-order valence-corrected chi connectivity index (χ1v) is 5.73. The number of carbonyl (C=O) groups is 1. The average molecular weight is 224 g/mol. The zero-order valence-electron chi connectivity index (χ0n) is 9.55. The number of rotatable bonds is 1. The van der Waals surface area contributed by atoms with Gasteiger partial charge in [-0.1, -0.05) is 12.2 Å². The van der Waals surface area contributed by atoms with E-state index in [-0.39, 0.29) is 17.9 Å². The lowest BCUT2D eigenvalue weighted by atomic mass is 10.1. The van der Waals surface area contributed by atoms with Crippen LogP contribution in [0.5, 0.6) is 0 Å². The first-order valence-electron chi connectivity index (χ1n) is 5.73. The minimum atomic E-state index is 0.0657. The molecule has 0 aromatic heterocycles. The summed E-state index contributed by atoms with van der Waals surface area (Å²) < 4.78 is 0. The van der Waals surface area contributed by atoms with E-state index in [2.05, 4.69) is 12.1 Å². The molecule has 17 heavy (non-hydrogen) atoms. The maximum Gasteiger partial charge on any atom is 0.234 e. The molecule has 0 saturated carbocycles. The lowest BCUT2D eigenvalue weighted by molar-refractivity contribution is -0.119. The van der Waals surface area contributed by atoms with Gasteiger partial charge in [0.1, 0.15) is 0 Å². The Morgan fingerprint density at radius 3 is 2.82 bits per heavy atom. The highest BCUT2D eigenvalue weighted by Gasteiger charge is 2.41. The van der Waals surface area contributed by atoms with Crippen LogP contribution in [0.15, 0.2) is 30.4 Å². The van der Waals surface area contributed by atoms with E-state index < -0.39 is 0 Å². The molecule has 0 radical (unpaired) electrons. The summed E-state index contributed by atoms with van der Waals surface area (Å²) in [6, 6.07) is 7.92. The summed E-state index contributed by atoms with van der Waals surface area (Å²) in [5.41, 5.74) is 2.49. The quantitative estimate of drug-likeness (QED) is 0.686. The van der Waals surface area contributed by atoms with Crippen LogP contribution in [0.3, 0.4) is 0 Å². The topological polar surface area (TPSA) is 44.1 Å². The van der Waals surface area contributed by atoms with Crippen molar-refractivity contribution in [3.8, 4) is 6.07 Å². The number of anilines is 1. The molecule has 3 rings (SSSR count). The van der Waals surface area contributed by atoms with Crippen LogP contribution in [0.25, 0.3) is 0 Å². The Morgan fingerprint density at radius 1 is 1.41 bits per heavy atom. The zero-order chi connectivity index (χ0) is 12.0. The number of hydrogen-bond acceptors (Lipinski definition) is 2. The maximum atomic E-state index is 12.0. The number of carbonyl (C=O) groups excluding carboxylic acids is 1. The van der Waals surface area contributed by atoms with E-state index in [0.29, 0.717) is 5.56 Å². The summed E-state index contributed by atoms with van der Waals surface area (Å²) in [4.78, 5) is 13.9. The van der Waals surface area contributed by atoms with E-state index in [0.717, 1.165) is 17.7 Å². The molecule has 0 spiro atoms. The minimum Gasteiger partial charge on any atom is -0.305 e. The van der Waals surface area contributed by atoms with Crippen molar-refractivity contribution in [1.82, 2.24) is 0 Å². The number of amides is 1. The van der Waals surface area contributed by atoms with Gasteiger partial charge in [0.15, 0.2) is 0 Å². The molecule has 2 bridgehead atoms. The number of nitrogens with zero attached hydrogens (tertiary/aromatic N) is 2. The lowest BCUT2D eigenvalue weighted by Crippen LogP contribution is -2.34. The molecule has 2 atom stereocenters. The fourth-order valence-electron chi connectivity index (χ4n) is 2.64. The van der Waals surface area contributed by atoms with Crippen molar-refractivity contribution in [2.24, 2.45) is 5.92 Å². The number of hydrogen-bond donors (Lipinski definition) is 0. The zero-order valence-corrected chi connectivity index (χ0v) is 9.55. The molecule has 0 N–H and O–H groups in total. The van der Waals surface area contributed by atoms with E-state index in [1.165, 1.54) is 0 Å². The maximum absolute atomic E-state index is 12.0. The van der Waals surface area contributed by atoms with Crippen LogP contribution >= 0.6 is 0 Å². The van der Waals surface area contributed by atoms with Gasteiger partial charge in [0.2, 0.25) is 5.91 Å². The molecular formula is C14H12N2O. The van der Waals surface area contributed by atoms with Gasteiger partial charge in [-0.05, 0) is 37.1 Å². The molecule has 1 saturated heterocycles. The summed E-state index contributed by atoms with van der Waals surface area (Å²) in [5, 5.41) is 8.89. The fourth-order valence-corrected chi connectivity index (χ4v) is 2.64. The first kappa shape index (κ1) is 10.1. The molecular weight excluding hydrogens is 212 g/mol. The van der Waals surface area contributed by atoms with Gasteiger partial charge in [0, 0.05) is 5.69 Å². The molecule has 1 aromatic rings. The summed E-state index contributed by atoms with van der Waals surface area (Å²) in [6.45, 7) is 1.90. The molecule has 1 amide bonds. The molecule has 1 fully saturated rings. The van der Waals surface area contributed by atoms with Crippen LogP contribution in [-0.4, -0.2) is 11.9 Å². The largest absolute Gasteiger partial charge is 0.305 e. The van der Waals surface area contributed by atoms with E-state index in [1.54, 1.807) is 6.07 Å². The highest BCUT2D eigenvalue weighted by Crippen LogP contribution is 2.36. The third-order valence-corrected chi connectivity index (χ3v) is 3.56. The molecule has 1 aliphatic heterocycles. The van der Waals surface area contributed by atoms with Crippen molar-refractivity contribution in [2.75, 3.05) is 4.90 Å². The predicted molar refractivity (Wildman–Crippen MR) is 64.4 cm³/mol. The van der Waals surface area contributed by atoms with Crippen LogP contribution in [0, 0.1) is 24.2 Å². The second-order valence-corrected chi connectivity index (χ2v) is 4.61. The van der Waals surface area contributed by atoms with Gasteiger partial charge in [-0.2, -0.15) is 5.26 Å². The predicted octanol–water partition coefficient (Wildman–Crippen LogP) is 2.16. The van der Waals surface area contributed by atoms with Gasteiger partial charge in [-0.15, -0.1) is 0 Å². The summed E-state index contributed by atoms with van der Waals surface area (Å²) in [5.74, 6) is 0.248. The molecule has 84 valence electrons. The van der Waals surface area contributed by atoms with Crippen molar-refractivity contribution in [2.45, 2.75) is 19.4 Å². The Hall–Kier alpha value is -2.08. The van der Waals surface area contributed by atoms with E-state index in [9.17, 15) is 4.79 Å². The van der Waals surface area contributed by atoms with E-state index in [1.807, 2.05) is 30.0 Å². The van der Waals surface area contributed by atoms with E-state index >= 15 is 0 Å². The Bertz CT molecular complexity index is 568. The highest BCUT2D eigenvalue weighted by molar-refractivity contribution is 6.01. The number of aryl methyl sites for hydroxylation is 1. The molecule has 1 aromatic carbocycles. The number of benzene rings is 1. The SMILES string of the molecule is Cc1cc(N2C(=O)C3C=CC2C3)ccc1C#N. The van der Waals surface area contributed by atoms with Crippen LogP contribution in [-0.2, 0) is 4.79 Å². The fraction of sp³-hybridized carbons (Fsp3) is 0.286. The van der Waals surface area contributed by atoms with Gasteiger partial charge < -0.3 is 4.90 Å². The lowest BCUT2D eigenvalue weighted by Gasteiger charge is -2.24. The Kier molecular flexibility index (Phi) is 2.05. The van der Waals surface area contributed by atoms with Gasteiger partial charge in [0.25, 0.3) is 0 Å². The first-order chi connectivity index (χ1) is 8.20. The van der Waals surface area contributed by atoms with Crippen molar-refractivity contribution >= 4 is 11.6 Å². The number of fused-ring (bicyclic) bond motifs is 2. The Balaban J connectivity index is 2.01. The summed E-state index contributed by atoms with van der Waals surface area (Å²) in [7, 11) is 0. The monoisotopic (exact) mass is 224 g/mol. The van der Waals surface area contributed by atoms with Crippen LogP contribution in [0.1, 0.15) is 17.5 Å². The van der Waals surface area contributed by atoms with Gasteiger partial charge >= 0.3 is 0 Å². The number of nitriles is 1. The van der Waals surface area contributed by atoms with Gasteiger partial charge in [0.05, 0.1) is 23.6 Å². The molecule has 2 aliphatic rings. The van der Waals surface area contributed by atoms with E-state index in [4.69, 9.17) is 5.26 Å². The van der Waals surface area contributed by atoms with Crippen LogP contribution < -0.4 is 4.90 Å². The van der Waals surface area contributed by atoms with Crippen molar-refractivity contribution < 1.29 is 4.79 Å². The second kappa shape index (κ2) is 3.46. The van der Waals surface area contributed by atoms with Crippen molar-refractivity contribution in [3.63, 3.8) is 0 Å². The molecule has 1 aliphatic carbocycles. The summed E-state index contributed by atoms with van der Waals surface area (Å²) >= 11 is 0. The Labute approximate surface area is 100.0 Å². The van der Waals surface area contributed by atoms with Crippen molar-refractivity contribution in [1.29, 1.82) is 5.26 Å². The molecule has 1 heterocycles. The van der Waals surface area contributed by atoms with Crippen LogP contribution in [0.2, 0.25) is 0 Å². The molecule has 2 unspecified atom stereocenters. The van der Waals surface area contributed by atoms with Crippen LogP contribution in [0.4, 0.5) is 5.69 Å². The third kappa shape index (κ3) is 1.38. The highest BCUT2D eigenvalue weighted by atomic mass is 16.2. The molecule has 3 heteroatoms. The van der Waals surface area contributed by atoms with Crippen molar-refractivity contribution in [3.05, 3.63) is 41.5 Å². The normalized spacial score (nSPS) is 25.4. The van der Waals surface area contributed by atoms with Gasteiger partial charge in [-0.25, -0.2) is 0 Å². The minimum absolute atomic E-state index is 0.0657. The third-order valence-electron chi connectivity index (χ3n) is 3.56. The second-order valence-electron chi connectivity index (χ2n) is 4.61. The van der Waals surface area contributed by atoms with Gasteiger partial charge in [-0.3, -0.25) is 4.79 Å². The smallest absolute Gasteiger partial charge is 0.234 e. The standard InChI is InChI=1S/C14H12N2O/c1-9-6-12(5-3-11(9)8-15)16-13-4-2-10(7-13)14(16)17/h2-6,10,13H,7H2,1H3. The average Bonchev–Trinajstić information content (AvgIpc) is 2.89.